The van der Waals surface area contributed by atoms with Crippen LogP contribution in [0.2, 0.25) is 0 Å². The second-order valence-electron chi connectivity index (χ2n) is 7.53. The van der Waals surface area contributed by atoms with E-state index in [1.54, 1.807) is 0 Å². The van der Waals surface area contributed by atoms with E-state index < -0.39 is 0 Å². The standard InChI is InChI=1S/C18H29NO/c1-13-9-7-8-10-14(13)11-15-16(20)12-17(2,3)19(6)18(15,4)5/h7-10,15-16,20H,11-12H2,1-6H3. The molecule has 1 aromatic rings. The third-order valence-electron chi connectivity index (χ3n) is 5.55. The zero-order chi connectivity index (χ0) is 15.1. The van der Waals surface area contributed by atoms with Crippen LogP contribution in [0.1, 0.15) is 45.2 Å². The van der Waals surface area contributed by atoms with E-state index in [0.717, 1.165) is 12.8 Å². The van der Waals surface area contributed by atoms with Crippen LogP contribution in [0, 0.1) is 12.8 Å². The van der Waals surface area contributed by atoms with Crippen LogP contribution in [-0.2, 0) is 6.42 Å². The van der Waals surface area contributed by atoms with Gasteiger partial charge >= 0.3 is 0 Å². The number of piperidine rings is 1. The summed E-state index contributed by atoms with van der Waals surface area (Å²) in [7, 11) is 2.19. The molecule has 2 nitrogen and oxygen atoms in total. The molecule has 20 heavy (non-hydrogen) atoms. The van der Waals surface area contributed by atoms with Crippen molar-refractivity contribution in [3.05, 3.63) is 35.4 Å². The maximum atomic E-state index is 10.7. The Morgan fingerprint density at radius 2 is 1.80 bits per heavy atom. The lowest BCUT2D eigenvalue weighted by Crippen LogP contribution is -2.65. The summed E-state index contributed by atoms with van der Waals surface area (Å²) < 4.78 is 0. The minimum atomic E-state index is -0.240. The minimum Gasteiger partial charge on any atom is -0.393 e. The van der Waals surface area contributed by atoms with E-state index in [2.05, 4.69) is 70.8 Å². The maximum Gasteiger partial charge on any atom is 0.0606 e. The molecule has 112 valence electrons. The molecule has 0 saturated carbocycles. The van der Waals surface area contributed by atoms with Gasteiger partial charge in [0.05, 0.1) is 6.10 Å². The molecule has 1 aromatic carbocycles. The highest BCUT2D eigenvalue weighted by Crippen LogP contribution is 2.42. The molecule has 1 fully saturated rings. The molecule has 0 aliphatic carbocycles. The predicted molar refractivity (Wildman–Crippen MR) is 84.9 cm³/mol. The molecule has 0 radical (unpaired) electrons. The highest BCUT2D eigenvalue weighted by molar-refractivity contribution is 5.27. The predicted octanol–water partition coefficient (Wildman–Crippen LogP) is 3.41. The van der Waals surface area contributed by atoms with Crippen molar-refractivity contribution in [2.45, 2.75) is 64.6 Å². The number of benzene rings is 1. The van der Waals surface area contributed by atoms with Gasteiger partial charge in [-0.2, -0.15) is 0 Å². The van der Waals surface area contributed by atoms with E-state index in [0.29, 0.717) is 0 Å². The smallest absolute Gasteiger partial charge is 0.0606 e. The Balaban J connectivity index is 2.29. The Labute approximate surface area is 123 Å². The first-order valence-electron chi connectivity index (χ1n) is 7.63. The fraction of sp³-hybridized carbons (Fsp3) is 0.667. The molecule has 2 heteroatoms. The fourth-order valence-corrected chi connectivity index (χ4v) is 3.75. The number of aryl methyl sites for hydroxylation is 1. The number of likely N-dealkylation sites (tertiary alicyclic amines) is 1. The van der Waals surface area contributed by atoms with Gasteiger partial charge in [-0.05, 0) is 65.6 Å². The molecule has 0 spiro atoms. The van der Waals surface area contributed by atoms with E-state index in [-0.39, 0.29) is 23.1 Å². The van der Waals surface area contributed by atoms with Crippen molar-refractivity contribution >= 4 is 0 Å². The van der Waals surface area contributed by atoms with Gasteiger partial charge in [-0.1, -0.05) is 24.3 Å². The second-order valence-corrected chi connectivity index (χ2v) is 7.53. The Morgan fingerprint density at radius 3 is 2.40 bits per heavy atom. The maximum absolute atomic E-state index is 10.7. The Kier molecular flexibility index (Phi) is 4.01. The van der Waals surface area contributed by atoms with Gasteiger partial charge in [-0.15, -0.1) is 0 Å². The van der Waals surface area contributed by atoms with Crippen LogP contribution < -0.4 is 0 Å². The van der Waals surface area contributed by atoms with Crippen LogP contribution in [0.4, 0.5) is 0 Å². The zero-order valence-electron chi connectivity index (χ0n) is 13.8. The lowest BCUT2D eigenvalue weighted by Gasteiger charge is -2.57. The molecule has 1 saturated heterocycles. The molecule has 0 amide bonds. The summed E-state index contributed by atoms with van der Waals surface area (Å²) in [4.78, 5) is 2.44. The molecule has 0 bridgehead atoms. The third kappa shape index (κ3) is 2.64. The van der Waals surface area contributed by atoms with Gasteiger partial charge in [0, 0.05) is 17.0 Å². The van der Waals surface area contributed by atoms with Crippen molar-refractivity contribution in [1.29, 1.82) is 0 Å². The van der Waals surface area contributed by atoms with Gasteiger partial charge in [0.15, 0.2) is 0 Å². The van der Waals surface area contributed by atoms with E-state index in [4.69, 9.17) is 0 Å². The minimum absolute atomic E-state index is 0.0105. The Bertz CT molecular complexity index is 478. The lowest BCUT2D eigenvalue weighted by molar-refractivity contribution is -0.111. The van der Waals surface area contributed by atoms with Crippen molar-refractivity contribution in [2.75, 3.05) is 7.05 Å². The second kappa shape index (κ2) is 5.16. The molecule has 2 rings (SSSR count). The topological polar surface area (TPSA) is 23.5 Å². The number of hydrogen-bond acceptors (Lipinski definition) is 2. The van der Waals surface area contributed by atoms with E-state index >= 15 is 0 Å². The van der Waals surface area contributed by atoms with Gasteiger partial charge < -0.3 is 5.11 Å². The number of aliphatic hydroxyl groups is 1. The first-order valence-corrected chi connectivity index (χ1v) is 7.63. The van der Waals surface area contributed by atoms with E-state index in [9.17, 15) is 5.11 Å². The van der Waals surface area contributed by atoms with Gasteiger partial charge in [-0.25, -0.2) is 0 Å². The third-order valence-corrected chi connectivity index (χ3v) is 5.55. The highest BCUT2D eigenvalue weighted by Gasteiger charge is 2.49. The van der Waals surface area contributed by atoms with Crippen molar-refractivity contribution < 1.29 is 5.11 Å². The van der Waals surface area contributed by atoms with Gasteiger partial charge in [-0.3, -0.25) is 4.90 Å². The molecule has 1 N–H and O–H groups in total. The first kappa shape index (κ1) is 15.5. The zero-order valence-corrected chi connectivity index (χ0v) is 13.8. The van der Waals surface area contributed by atoms with Gasteiger partial charge in [0.1, 0.15) is 0 Å². The number of nitrogens with zero attached hydrogens (tertiary/aromatic N) is 1. The monoisotopic (exact) mass is 275 g/mol. The van der Waals surface area contributed by atoms with Crippen LogP contribution in [-0.4, -0.2) is 34.2 Å². The van der Waals surface area contributed by atoms with Gasteiger partial charge in [0.25, 0.3) is 0 Å². The molecule has 1 aliphatic heterocycles. The highest BCUT2D eigenvalue weighted by atomic mass is 16.3. The average molecular weight is 275 g/mol. The first-order chi connectivity index (χ1) is 9.16. The summed E-state index contributed by atoms with van der Waals surface area (Å²) in [6.07, 6.45) is 1.54. The summed E-state index contributed by atoms with van der Waals surface area (Å²) in [6.45, 7) is 11.1. The van der Waals surface area contributed by atoms with Crippen LogP contribution in [0.25, 0.3) is 0 Å². The molecule has 1 aliphatic rings. The number of aliphatic hydroxyl groups excluding tert-OH is 1. The van der Waals surface area contributed by atoms with Crippen LogP contribution >= 0.6 is 0 Å². The normalized spacial score (nSPS) is 29.4. The van der Waals surface area contributed by atoms with Crippen molar-refractivity contribution in [3.8, 4) is 0 Å². The molecule has 2 unspecified atom stereocenters. The summed E-state index contributed by atoms with van der Waals surface area (Å²) >= 11 is 0. The summed E-state index contributed by atoms with van der Waals surface area (Å²) in [5, 5.41) is 10.7. The number of hydrogen-bond donors (Lipinski definition) is 1. The van der Waals surface area contributed by atoms with Crippen molar-refractivity contribution in [2.24, 2.45) is 5.92 Å². The number of rotatable bonds is 2. The van der Waals surface area contributed by atoms with Crippen LogP contribution in [0.3, 0.4) is 0 Å². The summed E-state index contributed by atoms with van der Waals surface area (Å²) in [5.74, 6) is 0.265. The summed E-state index contributed by atoms with van der Waals surface area (Å²) in [5.41, 5.74) is 2.72. The molecule has 0 aromatic heterocycles. The summed E-state index contributed by atoms with van der Waals surface area (Å²) in [6, 6.07) is 8.53. The van der Waals surface area contributed by atoms with E-state index in [1.165, 1.54) is 11.1 Å². The van der Waals surface area contributed by atoms with Gasteiger partial charge in [0.2, 0.25) is 0 Å². The van der Waals surface area contributed by atoms with Crippen LogP contribution in [0.15, 0.2) is 24.3 Å². The fourth-order valence-electron chi connectivity index (χ4n) is 3.75. The van der Waals surface area contributed by atoms with E-state index in [1.807, 2.05) is 0 Å². The SMILES string of the molecule is Cc1ccccc1CC1C(O)CC(C)(C)N(C)C1(C)C. The quantitative estimate of drug-likeness (QED) is 0.894. The molecular formula is C18H29NO. The Morgan fingerprint density at radius 1 is 1.20 bits per heavy atom. The average Bonchev–Trinajstić information content (AvgIpc) is 2.34. The molecule has 2 atom stereocenters. The van der Waals surface area contributed by atoms with Crippen LogP contribution in [0.5, 0.6) is 0 Å². The molecular weight excluding hydrogens is 246 g/mol. The molecule has 1 heterocycles. The Hall–Kier alpha value is -0.860. The van der Waals surface area contributed by atoms with Crippen molar-refractivity contribution in [1.82, 2.24) is 4.90 Å². The largest absolute Gasteiger partial charge is 0.393 e. The lowest BCUT2D eigenvalue weighted by atomic mass is 9.68. The van der Waals surface area contributed by atoms with Crippen molar-refractivity contribution in [3.63, 3.8) is 0 Å².